The van der Waals surface area contributed by atoms with Crippen LogP contribution in [0.1, 0.15) is 22.8 Å². The van der Waals surface area contributed by atoms with Crippen LogP contribution >= 0.6 is 11.8 Å². The number of thioether (sulfide) groups is 1. The summed E-state index contributed by atoms with van der Waals surface area (Å²) in [5, 5.41) is 8.89. The molecule has 1 aromatic rings. The Balaban J connectivity index is 3.31. The minimum Gasteiger partial charge on any atom is -0.496 e. The average Bonchev–Trinajstić information content (AvgIpc) is 2.36. The molecule has 0 bridgehead atoms. The highest BCUT2D eigenvalue weighted by Gasteiger charge is 2.31. The molecule has 0 saturated heterocycles. The van der Waals surface area contributed by atoms with E-state index < -0.39 is 23.2 Å². The van der Waals surface area contributed by atoms with Crippen LogP contribution in [0.2, 0.25) is 0 Å². The van der Waals surface area contributed by atoms with Crippen molar-refractivity contribution in [3.63, 3.8) is 0 Å². The topological polar surface area (TPSA) is 59.3 Å². The lowest BCUT2D eigenvalue weighted by atomic mass is 10.1. The number of esters is 1. The summed E-state index contributed by atoms with van der Waals surface area (Å²) in [5.41, 5.74) is -4.89. The second kappa shape index (κ2) is 6.52. The molecule has 0 heterocycles. The predicted octanol–water partition coefficient (Wildman–Crippen LogP) is 3.36. The number of carbonyl (C=O) groups is 1. The minimum atomic E-state index is -4.54. The number of halogens is 3. The van der Waals surface area contributed by atoms with Crippen molar-refractivity contribution in [2.45, 2.75) is 17.3 Å². The SMILES string of the molecule is CCOC(=O)c1cc(C#N)c(SC(F)(F)F)cc1OC. The molecule has 0 unspecified atom stereocenters. The van der Waals surface area contributed by atoms with Gasteiger partial charge in [-0.3, -0.25) is 0 Å². The second-order valence-corrected chi connectivity index (χ2v) is 4.54. The quantitative estimate of drug-likeness (QED) is 0.630. The number of hydrogen-bond acceptors (Lipinski definition) is 5. The Bertz CT molecular complexity index is 552. The van der Waals surface area contributed by atoms with Gasteiger partial charge < -0.3 is 9.47 Å². The molecule has 4 nitrogen and oxygen atoms in total. The summed E-state index contributed by atoms with van der Waals surface area (Å²) in [6, 6.07) is 3.66. The van der Waals surface area contributed by atoms with Crippen LogP contribution in [-0.4, -0.2) is 25.2 Å². The second-order valence-electron chi connectivity index (χ2n) is 3.43. The fourth-order valence-corrected chi connectivity index (χ4v) is 2.02. The van der Waals surface area contributed by atoms with Gasteiger partial charge in [0, 0.05) is 4.90 Å². The van der Waals surface area contributed by atoms with Gasteiger partial charge in [0.15, 0.2) is 0 Å². The molecule has 8 heteroatoms. The number of rotatable bonds is 4. The van der Waals surface area contributed by atoms with Gasteiger partial charge in [-0.15, -0.1) is 0 Å². The summed E-state index contributed by atoms with van der Waals surface area (Å²) in [6.45, 7) is 1.69. The van der Waals surface area contributed by atoms with Gasteiger partial charge in [0.1, 0.15) is 17.4 Å². The molecule has 20 heavy (non-hydrogen) atoms. The van der Waals surface area contributed by atoms with Crippen molar-refractivity contribution in [3.8, 4) is 11.8 Å². The maximum atomic E-state index is 12.4. The summed E-state index contributed by atoms with van der Waals surface area (Å²) in [4.78, 5) is 11.3. The molecule has 0 N–H and O–H groups in total. The van der Waals surface area contributed by atoms with E-state index in [4.69, 9.17) is 14.7 Å². The molecular weight excluding hydrogens is 295 g/mol. The minimum absolute atomic E-state index is 0.0748. The Kier molecular flexibility index (Phi) is 5.27. The third-order valence-electron chi connectivity index (χ3n) is 2.14. The molecule has 0 amide bonds. The first-order chi connectivity index (χ1) is 9.32. The van der Waals surface area contributed by atoms with Crippen LogP contribution in [0.3, 0.4) is 0 Å². The Morgan fingerprint density at radius 1 is 1.45 bits per heavy atom. The van der Waals surface area contributed by atoms with Gasteiger partial charge >= 0.3 is 11.5 Å². The van der Waals surface area contributed by atoms with Crippen LogP contribution in [-0.2, 0) is 4.74 Å². The van der Waals surface area contributed by atoms with E-state index in [9.17, 15) is 18.0 Å². The number of alkyl halides is 3. The average molecular weight is 305 g/mol. The smallest absolute Gasteiger partial charge is 0.446 e. The summed E-state index contributed by atoms with van der Waals surface area (Å²) in [5.74, 6) is -0.835. The lowest BCUT2D eigenvalue weighted by Gasteiger charge is -2.12. The van der Waals surface area contributed by atoms with Crippen molar-refractivity contribution in [3.05, 3.63) is 23.3 Å². The molecule has 1 rings (SSSR count). The van der Waals surface area contributed by atoms with Crippen molar-refractivity contribution >= 4 is 17.7 Å². The highest BCUT2D eigenvalue weighted by atomic mass is 32.2. The van der Waals surface area contributed by atoms with Crippen LogP contribution in [0.15, 0.2) is 17.0 Å². The van der Waals surface area contributed by atoms with E-state index in [2.05, 4.69) is 0 Å². The van der Waals surface area contributed by atoms with E-state index in [0.29, 0.717) is 0 Å². The summed E-state index contributed by atoms with van der Waals surface area (Å²) < 4.78 is 46.8. The first-order valence-corrected chi connectivity index (χ1v) is 6.19. The van der Waals surface area contributed by atoms with Crippen LogP contribution in [0.25, 0.3) is 0 Å². The molecule has 0 spiro atoms. The third-order valence-corrected chi connectivity index (χ3v) is 2.93. The lowest BCUT2D eigenvalue weighted by Crippen LogP contribution is -2.08. The van der Waals surface area contributed by atoms with Crippen molar-refractivity contribution in [2.24, 2.45) is 0 Å². The maximum Gasteiger partial charge on any atom is 0.446 e. The van der Waals surface area contributed by atoms with E-state index in [0.717, 1.165) is 12.1 Å². The standard InChI is InChI=1S/C12H10F3NO3S/c1-3-19-11(17)8-4-7(6-16)10(5-9(8)18-2)20-12(13,14)15/h4-5H,3H2,1-2H3. The first kappa shape index (κ1) is 16.2. The molecule has 108 valence electrons. The van der Waals surface area contributed by atoms with Crippen molar-refractivity contribution in [2.75, 3.05) is 13.7 Å². The predicted molar refractivity (Wildman–Crippen MR) is 65.6 cm³/mol. The van der Waals surface area contributed by atoms with Gasteiger partial charge in [0.2, 0.25) is 0 Å². The van der Waals surface area contributed by atoms with Gasteiger partial charge in [-0.1, -0.05) is 0 Å². The van der Waals surface area contributed by atoms with Gasteiger partial charge in [0.25, 0.3) is 0 Å². The van der Waals surface area contributed by atoms with E-state index in [1.807, 2.05) is 0 Å². The fourth-order valence-electron chi connectivity index (χ4n) is 1.39. The Morgan fingerprint density at radius 3 is 2.55 bits per heavy atom. The Hall–Kier alpha value is -1.88. The molecule has 0 atom stereocenters. The number of methoxy groups -OCH3 is 1. The van der Waals surface area contributed by atoms with Crippen LogP contribution in [0, 0.1) is 11.3 Å². The zero-order valence-electron chi connectivity index (χ0n) is 10.6. The molecule has 0 aliphatic rings. The Morgan fingerprint density at radius 2 is 2.10 bits per heavy atom. The number of benzene rings is 1. The fraction of sp³-hybridized carbons (Fsp3) is 0.333. The normalized spacial score (nSPS) is 10.8. The molecule has 0 aliphatic heterocycles. The highest BCUT2D eigenvalue weighted by Crippen LogP contribution is 2.40. The zero-order valence-corrected chi connectivity index (χ0v) is 11.4. The molecule has 1 aromatic carbocycles. The van der Waals surface area contributed by atoms with Gasteiger partial charge in [-0.05, 0) is 30.8 Å². The zero-order chi connectivity index (χ0) is 15.3. The van der Waals surface area contributed by atoms with Gasteiger partial charge in [-0.25, -0.2) is 4.79 Å². The summed E-state index contributed by atoms with van der Waals surface area (Å²) >= 11 is -0.439. The monoisotopic (exact) mass is 305 g/mol. The molecule has 0 saturated carbocycles. The third kappa shape index (κ3) is 4.06. The Labute approximate surface area is 117 Å². The van der Waals surface area contributed by atoms with E-state index in [1.54, 1.807) is 13.0 Å². The number of carbonyl (C=O) groups excluding carboxylic acids is 1. The highest BCUT2D eigenvalue weighted by molar-refractivity contribution is 8.00. The summed E-state index contributed by atoms with van der Waals surface area (Å²) in [6.07, 6.45) is 0. The maximum absolute atomic E-state index is 12.4. The molecule has 0 aliphatic carbocycles. The molecule has 0 aromatic heterocycles. The lowest BCUT2D eigenvalue weighted by molar-refractivity contribution is -0.0328. The number of hydrogen-bond donors (Lipinski definition) is 0. The van der Waals surface area contributed by atoms with Crippen LogP contribution in [0.5, 0.6) is 5.75 Å². The molecule has 0 fully saturated rings. The first-order valence-electron chi connectivity index (χ1n) is 5.37. The van der Waals surface area contributed by atoms with E-state index >= 15 is 0 Å². The number of ether oxygens (including phenoxy) is 2. The van der Waals surface area contributed by atoms with Crippen molar-refractivity contribution < 1.29 is 27.4 Å². The molecular formula is C12H10F3NO3S. The van der Waals surface area contributed by atoms with E-state index in [1.165, 1.54) is 7.11 Å². The largest absolute Gasteiger partial charge is 0.496 e. The van der Waals surface area contributed by atoms with Crippen LogP contribution in [0.4, 0.5) is 13.2 Å². The van der Waals surface area contributed by atoms with Gasteiger partial charge in [0.05, 0.1) is 19.3 Å². The number of nitrogens with zero attached hydrogens (tertiary/aromatic N) is 1. The van der Waals surface area contributed by atoms with Crippen molar-refractivity contribution in [1.29, 1.82) is 5.26 Å². The number of nitriles is 1. The van der Waals surface area contributed by atoms with Gasteiger partial charge in [-0.2, -0.15) is 18.4 Å². The molecule has 0 radical (unpaired) electrons. The van der Waals surface area contributed by atoms with Crippen LogP contribution < -0.4 is 4.74 Å². The van der Waals surface area contributed by atoms with E-state index in [-0.39, 0.29) is 28.4 Å². The summed E-state index contributed by atoms with van der Waals surface area (Å²) in [7, 11) is 1.21. The van der Waals surface area contributed by atoms with Crippen molar-refractivity contribution in [1.82, 2.24) is 0 Å².